The minimum Gasteiger partial charge on any atom is -0.351 e. The number of carbonyl (C=O) groups excluding carboxylic acids is 2. The second kappa shape index (κ2) is 3.25. The second-order valence-electron chi connectivity index (χ2n) is 3.78. The van der Waals surface area contributed by atoms with E-state index >= 15 is 0 Å². The smallest absolute Gasteiger partial charge is 0.217 e. The Morgan fingerprint density at radius 2 is 1.92 bits per heavy atom. The molecule has 0 heterocycles. The lowest BCUT2D eigenvalue weighted by Crippen LogP contribution is -2.47. The number of hydrogen-bond donors (Lipinski definition) is 1. The molecule has 0 radical (unpaired) electrons. The summed E-state index contributed by atoms with van der Waals surface area (Å²) in [6, 6.07) is 0. The van der Waals surface area contributed by atoms with Crippen molar-refractivity contribution in [2.24, 2.45) is 0 Å². The molecule has 0 aliphatic heterocycles. The minimum absolute atomic E-state index is 0.00755. The van der Waals surface area contributed by atoms with E-state index in [1.807, 2.05) is 6.92 Å². The number of amides is 1. The maximum atomic E-state index is 10.9. The number of nitrogens with one attached hydrogen (secondary N) is 1. The van der Waals surface area contributed by atoms with E-state index in [0.29, 0.717) is 18.6 Å². The number of rotatable bonds is 1. The molecule has 0 spiro atoms. The van der Waals surface area contributed by atoms with E-state index in [0.717, 1.165) is 12.8 Å². The van der Waals surface area contributed by atoms with Crippen LogP contribution in [0.5, 0.6) is 0 Å². The number of Topliss-reactive ketones (excluding diaryl/α,β-unsaturated/α-hetero) is 1. The summed E-state index contributed by atoms with van der Waals surface area (Å²) in [6.07, 6.45) is 2.78. The van der Waals surface area contributed by atoms with Crippen LogP contribution < -0.4 is 5.32 Å². The van der Waals surface area contributed by atoms with Crippen molar-refractivity contribution in [3.63, 3.8) is 0 Å². The zero-order chi connectivity index (χ0) is 9.19. The molecule has 1 aliphatic rings. The molecule has 0 aromatic rings. The van der Waals surface area contributed by atoms with Crippen molar-refractivity contribution < 1.29 is 9.59 Å². The molecule has 1 amide bonds. The molecule has 0 aromatic heterocycles. The topological polar surface area (TPSA) is 46.2 Å². The van der Waals surface area contributed by atoms with E-state index in [2.05, 4.69) is 5.32 Å². The molecule has 0 bridgehead atoms. The fraction of sp³-hybridized carbons (Fsp3) is 0.778. The first-order valence-electron chi connectivity index (χ1n) is 4.32. The first-order chi connectivity index (χ1) is 5.52. The van der Waals surface area contributed by atoms with Crippen LogP contribution in [0.3, 0.4) is 0 Å². The lowest BCUT2D eigenvalue weighted by Gasteiger charge is -2.33. The van der Waals surface area contributed by atoms with E-state index in [4.69, 9.17) is 0 Å². The van der Waals surface area contributed by atoms with E-state index < -0.39 is 0 Å². The Balaban J connectivity index is 2.49. The van der Waals surface area contributed by atoms with Crippen molar-refractivity contribution in [1.29, 1.82) is 0 Å². The van der Waals surface area contributed by atoms with Gasteiger partial charge < -0.3 is 5.32 Å². The van der Waals surface area contributed by atoms with Crippen LogP contribution in [0.4, 0.5) is 0 Å². The van der Waals surface area contributed by atoms with Crippen molar-refractivity contribution in [1.82, 2.24) is 5.32 Å². The van der Waals surface area contributed by atoms with Gasteiger partial charge in [0, 0.05) is 25.3 Å². The van der Waals surface area contributed by atoms with Crippen LogP contribution >= 0.6 is 0 Å². The van der Waals surface area contributed by atoms with Crippen LogP contribution in [0.2, 0.25) is 0 Å². The molecular formula is C9H15NO2. The van der Waals surface area contributed by atoms with Crippen LogP contribution in [-0.4, -0.2) is 17.2 Å². The van der Waals surface area contributed by atoms with Crippen LogP contribution in [0.25, 0.3) is 0 Å². The molecule has 0 saturated heterocycles. The van der Waals surface area contributed by atoms with Crippen LogP contribution in [0, 0.1) is 0 Å². The van der Waals surface area contributed by atoms with Crippen LogP contribution in [-0.2, 0) is 9.59 Å². The molecule has 0 unspecified atom stereocenters. The highest BCUT2D eigenvalue weighted by Crippen LogP contribution is 2.25. The molecule has 1 saturated carbocycles. The zero-order valence-corrected chi connectivity index (χ0v) is 7.64. The van der Waals surface area contributed by atoms with E-state index in [9.17, 15) is 9.59 Å². The summed E-state index contributed by atoms with van der Waals surface area (Å²) in [4.78, 5) is 21.7. The minimum atomic E-state index is -0.139. The van der Waals surface area contributed by atoms with Gasteiger partial charge in [-0.2, -0.15) is 0 Å². The fourth-order valence-electron chi connectivity index (χ4n) is 1.63. The summed E-state index contributed by atoms with van der Waals surface area (Å²) in [5.74, 6) is 0.310. The standard InChI is InChI=1S/C9H15NO2/c1-7(11)10-9(2)5-3-8(12)4-6-9/h3-6H2,1-2H3,(H,10,11). The van der Waals surface area contributed by atoms with Gasteiger partial charge in [0.25, 0.3) is 0 Å². The largest absolute Gasteiger partial charge is 0.351 e. The van der Waals surface area contributed by atoms with Gasteiger partial charge in [0.05, 0.1) is 0 Å². The quantitative estimate of drug-likeness (QED) is 0.637. The average molecular weight is 169 g/mol. The van der Waals surface area contributed by atoms with Gasteiger partial charge in [0.2, 0.25) is 5.91 Å². The number of ketones is 1. The van der Waals surface area contributed by atoms with Crippen molar-refractivity contribution >= 4 is 11.7 Å². The first-order valence-corrected chi connectivity index (χ1v) is 4.32. The Morgan fingerprint density at radius 3 is 2.33 bits per heavy atom. The van der Waals surface area contributed by atoms with Gasteiger partial charge in [-0.15, -0.1) is 0 Å². The van der Waals surface area contributed by atoms with Gasteiger partial charge >= 0.3 is 0 Å². The molecule has 1 aliphatic carbocycles. The number of carbonyl (C=O) groups is 2. The third-order valence-electron chi connectivity index (χ3n) is 2.39. The van der Waals surface area contributed by atoms with Crippen molar-refractivity contribution in [3.8, 4) is 0 Å². The summed E-state index contributed by atoms with van der Waals surface area (Å²) >= 11 is 0. The van der Waals surface area contributed by atoms with Gasteiger partial charge in [-0.25, -0.2) is 0 Å². The van der Waals surface area contributed by atoms with Crippen molar-refractivity contribution in [2.75, 3.05) is 0 Å². The van der Waals surface area contributed by atoms with Gasteiger partial charge in [-0.1, -0.05) is 0 Å². The predicted molar refractivity (Wildman–Crippen MR) is 45.7 cm³/mol. The van der Waals surface area contributed by atoms with Crippen molar-refractivity contribution in [2.45, 2.75) is 45.1 Å². The molecule has 1 N–H and O–H groups in total. The van der Waals surface area contributed by atoms with Crippen LogP contribution in [0.15, 0.2) is 0 Å². The molecule has 1 fully saturated rings. The molecule has 1 rings (SSSR count). The van der Waals surface area contributed by atoms with Gasteiger partial charge in [0.15, 0.2) is 0 Å². The number of hydrogen-bond acceptors (Lipinski definition) is 2. The SMILES string of the molecule is CC(=O)NC1(C)CCC(=O)CC1. The van der Waals surface area contributed by atoms with E-state index in [1.54, 1.807) is 0 Å². The third kappa shape index (κ3) is 2.32. The maximum absolute atomic E-state index is 10.9. The fourth-order valence-corrected chi connectivity index (χ4v) is 1.63. The van der Waals surface area contributed by atoms with E-state index in [1.165, 1.54) is 6.92 Å². The predicted octanol–water partition coefficient (Wildman–Crippen LogP) is 1.02. The van der Waals surface area contributed by atoms with Gasteiger partial charge in [-0.3, -0.25) is 9.59 Å². The second-order valence-corrected chi connectivity index (χ2v) is 3.78. The van der Waals surface area contributed by atoms with Crippen LogP contribution in [0.1, 0.15) is 39.5 Å². The maximum Gasteiger partial charge on any atom is 0.217 e. The highest BCUT2D eigenvalue weighted by Gasteiger charge is 2.30. The molecule has 12 heavy (non-hydrogen) atoms. The molecule has 3 nitrogen and oxygen atoms in total. The van der Waals surface area contributed by atoms with Gasteiger partial charge in [0.1, 0.15) is 5.78 Å². The highest BCUT2D eigenvalue weighted by molar-refractivity contribution is 5.80. The zero-order valence-electron chi connectivity index (χ0n) is 7.64. The van der Waals surface area contributed by atoms with E-state index in [-0.39, 0.29) is 11.4 Å². The molecule has 68 valence electrons. The molecule has 0 aromatic carbocycles. The summed E-state index contributed by atoms with van der Waals surface area (Å²) in [5.41, 5.74) is -0.139. The molecule has 3 heteroatoms. The monoisotopic (exact) mass is 169 g/mol. The molecular weight excluding hydrogens is 154 g/mol. The Morgan fingerprint density at radius 1 is 1.42 bits per heavy atom. The van der Waals surface area contributed by atoms with Crippen molar-refractivity contribution in [3.05, 3.63) is 0 Å². The average Bonchev–Trinajstić information content (AvgIpc) is 1.94. The Bertz CT molecular complexity index is 201. The highest BCUT2D eigenvalue weighted by atomic mass is 16.1. The summed E-state index contributed by atoms with van der Waals surface area (Å²) in [6.45, 7) is 3.52. The third-order valence-corrected chi connectivity index (χ3v) is 2.39. The summed E-state index contributed by atoms with van der Waals surface area (Å²) in [5, 5.41) is 2.89. The first kappa shape index (κ1) is 9.23. The lowest BCUT2D eigenvalue weighted by molar-refractivity contribution is -0.125. The van der Waals surface area contributed by atoms with Gasteiger partial charge in [-0.05, 0) is 19.8 Å². The Hall–Kier alpha value is -0.860. The summed E-state index contributed by atoms with van der Waals surface area (Å²) in [7, 11) is 0. The Kier molecular flexibility index (Phi) is 2.50. The lowest BCUT2D eigenvalue weighted by atomic mass is 9.83. The Labute approximate surface area is 72.5 Å². The normalized spacial score (nSPS) is 22.0. The summed E-state index contributed by atoms with van der Waals surface area (Å²) < 4.78 is 0. The molecule has 0 atom stereocenters.